The van der Waals surface area contributed by atoms with Crippen LogP contribution in [-0.2, 0) is 22.6 Å². The lowest BCUT2D eigenvalue weighted by atomic mass is 10.0. The second kappa shape index (κ2) is 7.96. The van der Waals surface area contributed by atoms with Gasteiger partial charge in [-0.15, -0.1) is 0 Å². The van der Waals surface area contributed by atoms with Crippen LogP contribution in [0.25, 0.3) is 0 Å². The molecule has 4 unspecified atom stereocenters. The van der Waals surface area contributed by atoms with Crippen LogP contribution in [0.2, 0.25) is 0 Å². The first-order chi connectivity index (χ1) is 11.5. The van der Waals surface area contributed by atoms with Crippen LogP contribution in [0.4, 0.5) is 0 Å². The Kier molecular flexibility index (Phi) is 5.93. The molecule has 4 heteroatoms. The van der Waals surface area contributed by atoms with Gasteiger partial charge in [-0.2, -0.15) is 0 Å². The van der Waals surface area contributed by atoms with Crippen LogP contribution in [0.15, 0.2) is 24.3 Å². The lowest BCUT2D eigenvalue weighted by Gasteiger charge is -2.37. The quantitative estimate of drug-likeness (QED) is 0.846. The highest BCUT2D eigenvalue weighted by molar-refractivity contribution is 5.27. The summed E-state index contributed by atoms with van der Waals surface area (Å²) in [5.41, 5.74) is 2.90. The number of nitrogens with zero attached hydrogens (tertiary/aromatic N) is 2. The molecule has 24 heavy (non-hydrogen) atoms. The maximum Gasteiger partial charge on any atom is 0.0678 e. The number of rotatable bonds is 4. The van der Waals surface area contributed by atoms with Crippen LogP contribution in [0.3, 0.4) is 0 Å². The van der Waals surface area contributed by atoms with Crippen molar-refractivity contribution in [1.82, 2.24) is 9.80 Å². The first kappa shape index (κ1) is 17.9. The zero-order chi connectivity index (χ0) is 17.1. The van der Waals surface area contributed by atoms with Gasteiger partial charge in [-0.25, -0.2) is 0 Å². The lowest BCUT2D eigenvalue weighted by Crippen LogP contribution is -2.46. The SMILES string of the molecule is CC1CN(Cc2ccccc2CN2CC(C)OC(C)C2)CC(C)O1. The van der Waals surface area contributed by atoms with Gasteiger partial charge in [0.2, 0.25) is 0 Å². The zero-order valence-corrected chi connectivity index (χ0v) is 15.6. The second-order valence-electron chi connectivity index (χ2n) is 7.67. The second-order valence-corrected chi connectivity index (χ2v) is 7.67. The average Bonchev–Trinajstić information content (AvgIpc) is 2.47. The predicted molar refractivity (Wildman–Crippen MR) is 97.0 cm³/mol. The molecule has 0 aliphatic carbocycles. The Morgan fingerprint density at radius 3 is 1.38 bits per heavy atom. The number of ether oxygens (including phenoxy) is 2. The van der Waals surface area contributed by atoms with Crippen LogP contribution in [0, 0.1) is 0 Å². The normalized spacial score (nSPS) is 32.8. The Bertz CT molecular complexity index is 469. The Morgan fingerprint density at radius 2 is 1.04 bits per heavy atom. The van der Waals surface area contributed by atoms with E-state index in [1.54, 1.807) is 0 Å². The number of hydrogen-bond acceptors (Lipinski definition) is 4. The standard InChI is InChI=1S/C20H32N2O2/c1-15-9-21(10-16(2)23-15)13-19-7-5-6-8-20(19)14-22-11-17(3)24-18(4)12-22/h5-8,15-18H,9-14H2,1-4H3. The minimum atomic E-state index is 0.321. The molecule has 3 rings (SSSR count). The number of morpholine rings is 2. The van der Waals surface area contributed by atoms with Gasteiger partial charge in [0.05, 0.1) is 24.4 Å². The molecule has 0 radical (unpaired) electrons. The summed E-state index contributed by atoms with van der Waals surface area (Å²) < 4.78 is 11.7. The Labute approximate surface area is 146 Å². The van der Waals surface area contributed by atoms with Crippen molar-refractivity contribution in [2.45, 2.75) is 65.2 Å². The van der Waals surface area contributed by atoms with Crippen molar-refractivity contribution in [3.05, 3.63) is 35.4 Å². The summed E-state index contributed by atoms with van der Waals surface area (Å²) in [6.45, 7) is 14.8. The largest absolute Gasteiger partial charge is 0.373 e. The van der Waals surface area contributed by atoms with Gasteiger partial charge in [0.25, 0.3) is 0 Å². The zero-order valence-electron chi connectivity index (χ0n) is 15.6. The summed E-state index contributed by atoms with van der Waals surface area (Å²) in [5, 5.41) is 0. The van der Waals surface area contributed by atoms with Crippen molar-refractivity contribution in [2.24, 2.45) is 0 Å². The highest BCUT2D eigenvalue weighted by Gasteiger charge is 2.25. The highest BCUT2D eigenvalue weighted by atomic mass is 16.5. The minimum absolute atomic E-state index is 0.321. The summed E-state index contributed by atoms with van der Waals surface area (Å²) >= 11 is 0. The summed E-state index contributed by atoms with van der Waals surface area (Å²) in [7, 11) is 0. The Morgan fingerprint density at radius 1 is 0.708 bits per heavy atom. The smallest absolute Gasteiger partial charge is 0.0678 e. The van der Waals surface area contributed by atoms with Gasteiger partial charge in [0, 0.05) is 39.3 Å². The molecule has 2 aliphatic rings. The maximum atomic E-state index is 5.87. The average molecular weight is 332 g/mol. The van der Waals surface area contributed by atoms with Gasteiger partial charge in [-0.1, -0.05) is 24.3 Å². The minimum Gasteiger partial charge on any atom is -0.373 e. The van der Waals surface area contributed by atoms with Gasteiger partial charge >= 0.3 is 0 Å². The first-order valence-corrected chi connectivity index (χ1v) is 9.32. The van der Waals surface area contributed by atoms with E-state index < -0.39 is 0 Å². The van der Waals surface area contributed by atoms with Crippen molar-refractivity contribution >= 4 is 0 Å². The van der Waals surface area contributed by atoms with Gasteiger partial charge in [0.15, 0.2) is 0 Å². The Hall–Kier alpha value is -0.940. The van der Waals surface area contributed by atoms with E-state index in [9.17, 15) is 0 Å². The third kappa shape index (κ3) is 4.79. The van der Waals surface area contributed by atoms with Gasteiger partial charge in [-0.3, -0.25) is 9.80 Å². The molecule has 0 saturated carbocycles. The molecule has 4 atom stereocenters. The van der Waals surface area contributed by atoms with E-state index in [0.29, 0.717) is 24.4 Å². The summed E-state index contributed by atoms with van der Waals surface area (Å²) in [4.78, 5) is 5.06. The molecular formula is C20H32N2O2. The molecule has 0 N–H and O–H groups in total. The maximum absolute atomic E-state index is 5.87. The van der Waals surface area contributed by atoms with Crippen molar-refractivity contribution in [2.75, 3.05) is 26.2 Å². The van der Waals surface area contributed by atoms with Gasteiger partial charge in [-0.05, 0) is 38.8 Å². The van der Waals surface area contributed by atoms with Crippen LogP contribution in [0.1, 0.15) is 38.8 Å². The molecule has 2 fully saturated rings. The third-order valence-corrected chi connectivity index (χ3v) is 4.90. The summed E-state index contributed by atoms with van der Waals surface area (Å²) in [5.74, 6) is 0. The molecule has 0 spiro atoms. The monoisotopic (exact) mass is 332 g/mol. The summed E-state index contributed by atoms with van der Waals surface area (Å²) in [6, 6.07) is 8.90. The van der Waals surface area contributed by atoms with Crippen molar-refractivity contribution in [3.8, 4) is 0 Å². The van der Waals surface area contributed by atoms with Gasteiger partial charge < -0.3 is 9.47 Å². The van der Waals surface area contributed by atoms with E-state index in [4.69, 9.17) is 9.47 Å². The van der Waals surface area contributed by atoms with Crippen LogP contribution >= 0.6 is 0 Å². The fraction of sp³-hybridized carbons (Fsp3) is 0.700. The summed E-state index contributed by atoms with van der Waals surface area (Å²) in [6.07, 6.45) is 1.28. The molecule has 1 aromatic rings. The molecule has 0 amide bonds. The van der Waals surface area contributed by atoms with E-state index in [1.165, 1.54) is 11.1 Å². The third-order valence-electron chi connectivity index (χ3n) is 4.90. The first-order valence-electron chi connectivity index (χ1n) is 9.32. The molecule has 2 aliphatic heterocycles. The van der Waals surface area contributed by atoms with Crippen molar-refractivity contribution < 1.29 is 9.47 Å². The molecule has 0 bridgehead atoms. The lowest BCUT2D eigenvalue weighted by molar-refractivity contribution is -0.0725. The highest BCUT2D eigenvalue weighted by Crippen LogP contribution is 2.20. The van der Waals surface area contributed by atoms with Crippen LogP contribution in [0.5, 0.6) is 0 Å². The van der Waals surface area contributed by atoms with Crippen molar-refractivity contribution in [1.29, 1.82) is 0 Å². The van der Waals surface area contributed by atoms with E-state index in [1.807, 2.05) is 0 Å². The van der Waals surface area contributed by atoms with Crippen molar-refractivity contribution in [3.63, 3.8) is 0 Å². The number of hydrogen-bond donors (Lipinski definition) is 0. The fourth-order valence-corrected chi connectivity index (χ4v) is 4.17. The molecule has 1 aromatic carbocycles. The van der Waals surface area contributed by atoms with E-state index in [0.717, 1.165) is 39.3 Å². The Balaban J connectivity index is 1.66. The molecule has 2 heterocycles. The predicted octanol–water partition coefficient (Wildman–Crippen LogP) is 2.91. The van der Waals surface area contributed by atoms with E-state index in [2.05, 4.69) is 61.8 Å². The molecular weight excluding hydrogens is 300 g/mol. The topological polar surface area (TPSA) is 24.9 Å². The van der Waals surface area contributed by atoms with E-state index >= 15 is 0 Å². The fourth-order valence-electron chi connectivity index (χ4n) is 4.17. The van der Waals surface area contributed by atoms with E-state index in [-0.39, 0.29) is 0 Å². The molecule has 0 aromatic heterocycles. The van der Waals surface area contributed by atoms with Crippen LogP contribution < -0.4 is 0 Å². The van der Waals surface area contributed by atoms with Gasteiger partial charge in [0.1, 0.15) is 0 Å². The molecule has 134 valence electrons. The molecule has 4 nitrogen and oxygen atoms in total. The van der Waals surface area contributed by atoms with Crippen LogP contribution in [-0.4, -0.2) is 60.4 Å². The number of benzene rings is 1. The molecule has 2 saturated heterocycles.